The van der Waals surface area contributed by atoms with Gasteiger partial charge in [0.15, 0.2) is 5.78 Å². The maximum absolute atomic E-state index is 11.7. The van der Waals surface area contributed by atoms with Gasteiger partial charge in [-0.1, -0.05) is 39.0 Å². The summed E-state index contributed by atoms with van der Waals surface area (Å²) in [5.41, 5.74) is 2.09. The summed E-state index contributed by atoms with van der Waals surface area (Å²) >= 11 is 0. The number of ketones is 1. The fourth-order valence-corrected chi connectivity index (χ4v) is 1.37. The minimum atomic E-state index is -0.311. The van der Waals surface area contributed by atoms with Crippen molar-refractivity contribution >= 4 is 17.4 Å². The molecule has 0 unspecified atom stereocenters. The summed E-state index contributed by atoms with van der Waals surface area (Å²) in [6, 6.07) is 5.37. The first kappa shape index (κ1) is 16.1. The van der Waals surface area contributed by atoms with Gasteiger partial charge in [-0.2, -0.15) is 0 Å². The summed E-state index contributed by atoms with van der Waals surface area (Å²) in [5.74, 6) is -0.294. The van der Waals surface area contributed by atoms with Crippen LogP contribution in [0.4, 0.5) is 5.69 Å². The summed E-state index contributed by atoms with van der Waals surface area (Å²) < 4.78 is 0. The van der Waals surface area contributed by atoms with Crippen molar-refractivity contribution in [3.8, 4) is 0 Å². The predicted molar refractivity (Wildman–Crippen MR) is 76.0 cm³/mol. The fraction of sp³-hybridized carbons (Fsp3) is 0.333. The average Bonchev–Trinajstić information content (AvgIpc) is 2.41. The Morgan fingerprint density at radius 1 is 1.33 bits per heavy atom. The van der Waals surface area contributed by atoms with Gasteiger partial charge in [0, 0.05) is 12.0 Å². The maximum atomic E-state index is 11.7. The molecule has 1 amide bonds. The van der Waals surface area contributed by atoms with Crippen LogP contribution in [0.15, 0.2) is 30.9 Å². The van der Waals surface area contributed by atoms with E-state index in [4.69, 9.17) is 0 Å². The molecule has 1 N–H and O–H groups in total. The Morgan fingerprint density at radius 2 is 1.94 bits per heavy atom. The largest absolute Gasteiger partial charge is 0.322 e. The number of carbonyl (C=O) groups excluding carboxylic acids is 2. The molecule has 0 atom stereocenters. The molecule has 0 saturated heterocycles. The lowest BCUT2D eigenvalue weighted by molar-refractivity contribution is -0.111. The first-order valence-electron chi connectivity index (χ1n) is 6.15. The van der Waals surface area contributed by atoms with E-state index in [2.05, 4.69) is 11.9 Å². The fourth-order valence-electron chi connectivity index (χ4n) is 1.37. The van der Waals surface area contributed by atoms with E-state index in [0.29, 0.717) is 17.7 Å². The van der Waals surface area contributed by atoms with E-state index in [1.165, 1.54) is 6.08 Å². The Hall–Kier alpha value is -1.90. The third kappa shape index (κ3) is 4.53. The smallest absolute Gasteiger partial charge is 0.247 e. The monoisotopic (exact) mass is 247 g/mol. The Balaban J connectivity index is 0.00000137. The van der Waals surface area contributed by atoms with E-state index in [1.54, 1.807) is 19.1 Å². The van der Waals surface area contributed by atoms with Gasteiger partial charge in [-0.25, -0.2) is 0 Å². The number of Topliss-reactive ketones (excluding diaryl/α,β-unsaturated/α-hetero) is 1. The van der Waals surface area contributed by atoms with Crippen molar-refractivity contribution in [1.82, 2.24) is 0 Å². The molecule has 0 bridgehead atoms. The van der Waals surface area contributed by atoms with Crippen LogP contribution in [0.5, 0.6) is 0 Å². The number of rotatable bonds is 4. The molecule has 0 spiro atoms. The summed E-state index contributed by atoms with van der Waals surface area (Å²) in [4.78, 5) is 22.9. The summed E-state index contributed by atoms with van der Waals surface area (Å²) in [5, 5.41) is 2.62. The number of nitrogens with one attached hydrogen (secondary N) is 1. The molecule has 0 radical (unpaired) electrons. The van der Waals surface area contributed by atoms with Gasteiger partial charge in [0.1, 0.15) is 0 Å². The van der Waals surface area contributed by atoms with Crippen LogP contribution >= 0.6 is 0 Å². The highest BCUT2D eigenvalue weighted by Gasteiger charge is 2.10. The van der Waals surface area contributed by atoms with Gasteiger partial charge in [0.25, 0.3) is 0 Å². The van der Waals surface area contributed by atoms with Crippen molar-refractivity contribution in [3.63, 3.8) is 0 Å². The molecule has 1 rings (SSSR count). The standard InChI is InChI=1S/C13H15NO2.C2H6/c1-4-12(15)10-8-9(3)6-7-11(10)14-13(16)5-2;1-2/h5-8H,2,4H2,1,3H3,(H,14,16);1-2H3. The predicted octanol–water partition coefficient (Wildman–Crippen LogP) is 3.74. The van der Waals surface area contributed by atoms with Gasteiger partial charge >= 0.3 is 0 Å². The first-order chi connectivity index (χ1) is 8.58. The molecule has 0 aromatic heterocycles. The molecule has 1 aromatic carbocycles. The summed E-state index contributed by atoms with van der Waals surface area (Å²) in [7, 11) is 0. The van der Waals surface area contributed by atoms with Crippen LogP contribution in [0.2, 0.25) is 0 Å². The maximum Gasteiger partial charge on any atom is 0.247 e. The lowest BCUT2D eigenvalue weighted by Gasteiger charge is -2.09. The van der Waals surface area contributed by atoms with E-state index in [0.717, 1.165) is 5.56 Å². The minimum absolute atomic E-state index is 0.0167. The summed E-state index contributed by atoms with van der Waals surface area (Å²) in [6.45, 7) is 11.1. The van der Waals surface area contributed by atoms with Crippen molar-refractivity contribution in [3.05, 3.63) is 42.0 Å². The van der Waals surface area contributed by atoms with Crippen LogP contribution in [0, 0.1) is 6.92 Å². The van der Waals surface area contributed by atoms with Crippen molar-refractivity contribution in [2.45, 2.75) is 34.1 Å². The molecule has 0 aliphatic carbocycles. The van der Waals surface area contributed by atoms with Crippen molar-refractivity contribution in [2.75, 3.05) is 5.32 Å². The van der Waals surface area contributed by atoms with E-state index < -0.39 is 0 Å². The number of anilines is 1. The number of hydrogen-bond acceptors (Lipinski definition) is 2. The normalized spacial score (nSPS) is 8.89. The van der Waals surface area contributed by atoms with Gasteiger partial charge in [0.05, 0.1) is 5.69 Å². The molecule has 0 aliphatic heterocycles. The van der Waals surface area contributed by atoms with Gasteiger partial charge in [0.2, 0.25) is 5.91 Å². The van der Waals surface area contributed by atoms with Crippen LogP contribution in [-0.4, -0.2) is 11.7 Å². The van der Waals surface area contributed by atoms with Gasteiger partial charge in [-0.3, -0.25) is 9.59 Å². The molecule has 0 fully saturated rings. The van der Waals surface area contributed by atoms with Crippen LogP contribution in [0.3, 0.4) is 0 Å². The molecule has 98 valence electrons. The van der Waals surface area contributed by atoms with Crippen LogP contribution in [0.1, 0.15) is 43.1 Å². The lowest BCUT2D eigenvalue weighted by Crippen LogP contribution is -2.11. The highest BCUT2D eigenvalue weighted by atomic mass is 16.1. The second kappa shape index (κ2) is 8.23. The molecule has 0 heterocycles. The SMILES string of the molecule is C=CC(=O)Nc1ccc(C)cc1C(=O)CC.CC. The number of amides is 1. The Labute approximate surface area is 109 Å². The molecule has 18 heavy (non-hydrogen) atoms. The number of benzene rings is 1. The molecule has 3 heteroatoms. The average molecular weight is 247 g/mol. The van der Waals surface area contributed by atoms with E-state index in [-0.39, 0.29) is 11.7 Å². The van der Waals surface area contributed by atoms with Crippen LogP contribution < -0.4 is 5.32 Å². The van der Waals surface area contributed by atoms with E-state index in [9.17, 15) is 9.59 Å². The molecular weight excluding hydrogens is 226 g/mol. The second-order valence-electron chi connectivity index (χ2n) is 3.52. The van der Waals surface area contributed by atoms with Crippen LogP contribution in [0.25, 0.3) is 0 Å². The second-order valence-corrected chi connectivity index (χ2v) is 3.52. The van der Waals surface area contributed by atoms with E-state index >= 15 is 0 Å². The summed E-state index contributed by atoms with van der Waals surface area (Å²) in [6.07, 6.45) is 1.60. The van der Waals surface area contributed by atoms with Crippen molar-refractivity contribution in [1.29, 1.82) is 0 Å². The Morgan fingerprint density at radius 3 is 2.44 bits per heavy atom. The highest BCUT2D eigenvalue weighted by Crippen LogP contribution is 2.19. The van der Waals surface area contributed by atoms with Gasteiger partial charge in [-0.15, -0.1) is 0 Å². The van der Waals surface area contributed by atoms with Crippen LogP contribution in [-0.2, 0) is 4.79 Å². The lowest BCUT2D eigenvalue weighted by atomic mass is 10.0. The highest BCUT2D eigenvalue weighted by molar-refractivity contribution is 6.07. The molecular formula is C15H21NO2. The minimum Gasteiger partial charge on any atom is -0.322 e. The third-order valence-corrected chi connectivity index (χ3v) is 2.24. The number of carbonyl (C=O) groups is 2. The van der Waals surface area contributed by atoms with Gasteiger partial charge in [-0.05, 0) is 25.1 Å². The first-order valence-corrected chi connectivity index (χ1v) is 6.15. The molecule has 0 saturated carbocycles. The molecule has 3 nitrogen and oxygen atoms in total. The van der Waals surface area contributed by atoms with E-state index in [1.807, 2.05) is 26.8 Å². The third-order valence-electron chi connectivity index (χ3n) is 2.24. The topological polar surface area (TPSA) is 46.2 Å². The Bertz CT molecular complexity index is 436. The quantitative estimate of drug-likeness (QED) is 0.650. The zero-order valence-corrected chi connectivity index (χ0v) is 11.5. The molecule has 0 aliphatic rings. The zero-order valence-electron chi connectivity index (χ0n) is 11.5. The molecule has 1 aromatic rings. The number of aryl methyl sites for hydroxylation is 1. The van der Waals surface area contributed by atoms with Crippen molar-refractivity contribution < 1.29 is 9.59 Å². The number of hydrogen-bond donors (Lipinski definition) is 1. The zero-order chi connectivity index (χ0) is 14.1. The Kier molecular flexibility index (Phi) is 7.36. The van der Waals surface area contributed by atoms with Crippen molar-refractivity contribution in [2.24, 2.45) is 0 Å². The van der Waals surface area contributed by atoms with Gasteiger partial charge < -0.3 is 5.32 Å².